The van der Waals surface area contributed by atoms with Crippen LogP contribution in [0.2, 0.25) is 5.02 Å². The van der Waals surface area contributed by atoms with Gasteiger partial charge in [0.2, 0.25) is 0 Å². The minimum absolute atomic E-state index is 0.107. The second-order valence-corrected chi connectivity index (χ2v) is 9.09. The molecule has 7 nitrogen and oxygen atoms in total. The van der Waals surface area contributed by atoms with Gasteiger partial charge in [-0.3, -0.25) is 14.5 Å². The first-order chi connectivity index (χ1) is 14.3. The number of aliphatic imine (C=N–C) groups is 1. The first-order valence-corrected chi connectivity index (χ1v) is 11.6. The van der Waals surface area contributed by atoms with Gasteiger partial charge in [0.25, 0.3) is 15.9 Å². The van der Waals surface area contributed by atoms with E-state index in [1.807, 2.05) is 0 Å². The van der Waals surface area contributed by atoms with Crippen molar-refractivity contribution in [2.75, 3.05) is 11.9 Å². The van der Waals surface area contributed by atoms with E-state index >= 15 is 0 Å². The second-order valence-electron chi connectivity index (χ2n) is 6.98. The fraction of sp³-hybridized carbons (Fsp3) is 0.333. The van der Waals surface area contributed by atoms with Crippen LogP contribution in [0.25, 0.3) is 0 Å². The zero-order valence-electron chi connectivity index (χ0n) is 16.6. The van der Waals surface area contributed by atoms with E-state index in [2.05, 4.69) is 15.0 Å². The van der Waals surface area contributed by atoms with Crippen LogP contribution in [0, 0.1) is 0 Å². The van der Waals surface area contributed by atoms with Crippen molar-refractivity contribution >= 4 is 39.1 Å². The Bertz CT molecular complexity index is 1020. The summed E-state index contributed by atoms with van der Waals surface area (Å²) in [7, 11) is -3.71. The number of hydrogen-bond donors (Lipinski definition) is 2. The number of amidine groups is 1. The average Bonchev–Trinajstić information content (AvgIpc) is 2.96. The minimum atomic E-state index is -3.71. The molecule has 0 bridgehead atoms. The predicted octanol–water partition coefficient (Wildman–Crippen LogP) is 4.00. The maximum absolute atomic E-state index is 12.6. The number of nitrogens with one attached hydrogen (secondary N) is 2. The van der Waals surface area contributed by atoms with E-state index in [0.717, 1.165) is 19.3 Å². The normalized spacial score (nSPS) is 15.5. The summed E-state index contributed by atoms with van der Waals surface area (Å²) in [6, 6.07) is 12.7. The maximum atomic E-state index is 12.6. The molecule has 0 saturated heterocycles. The molecule has 0 radical (unpaired) electrons. The molecule has 1 aliphatic heterocycles. The van der Waals surface area contributed by atoms with Crippen LogP contribution in [-0.4, -0.2) is 32.8 Å². The highest BCUT2D eigenvalue weighted by atomic mass is 35.5. The Morgan fingerprint density at radius 3 is 2.63 bits per heavy atom. The summed E-state index contributed by atoms with van der Waals surface area (Å²) in [4.78, 5) is 16.8. The Balaban J connectivity index is 1.60. The van der Waals surface area contributed by atoms with E-state index in [4.69, 9.17) is 16.3 Å². The summed E-state index contributed by atoms with van der Waals surface area (Å²) in [5.74, 6) is 0.618. The van der Waals surface area contributed by atoms with Gasteiger partial charge in [0.1, 0.15) is 11.6 Å². The lowest BCUT2D eigenvalue weighted by Crippen LogP contribution is -2.31. The molecule has 0 aliphatic carbocycles. The molecule has 1 aliphatic rings. The number of sulfonamides is 1. The van der Waals surface area contributed by atoms with Crippen molar-refractivity contribution in [3.05, 3.63) is 53.6 Å². The number of carbonyl (C=O) groups is 1. The van der Waals surface area contributed by atoms with Gasteiger partial charge in [-0.05, 0) is 62.2 Å². The Hall–Kier alpha value is -2.58. The highest BCUT2D eigenvalue weighted by molar-refractivity contribution is 7.90. The minimum Gasteiger partial charge on any atom is -0.481 e. The topological polar surface area (TPSA) is 96.9 Å². The van der Waals surface area contributed by atoms with Crippen molar-refractivity contribution in [3.8, 4) is 5.75 Å². The zero-order chi connectivity index (χ0) is 21.6. The predicted molar refractivity (Wildman–Crippen MR) is 118 cm³/mol. The molecule has 30 heavy (non-hydrogen) atoms. The van der Waals surface area contributed by atoms with Crippen molar-refractivity contribution in [2.45, 2.75) is 43.6 Å². The van der Waals surface area contributed by atoms with E-state index in [1.165, 1.54) is 24.3 Å². The van der Waals surface area contributed by atoms with Crippen LogP contribution in [0.3, 0.4) is 0 Å². The number of anilines is 1. The number of benzene rings is 2. The average molecular weight is 450 g/mol. The molecule has 0 saturated carbocycles. The van der Waals surface area contributed by atoms with Crippen LogP contribution >= 0.6 is 11.6 Å². The quantitative estimate of drug-likeness (QED) is 0.696. The van der Waals surface area contributed by atoms with E-state index in [1.54, 1.807) is 31.2 Å². The van der Waals surface area contributed by atoms with Gasteiger partial charge in [-0.2, -0.15) is 0 Å². The van der Waals surface area contributed by atoms with Crippen molar-refractivity contribution in [2.24, 2.45) is 4.99 Å². The highest BCUT2D eigenvalue weighted by Gasteiger charge is 2.18. The first-order valence-electron chi connectivity index (χ1n) is 9.73. The standard InChI is InChI=1S/C21H24ClN3O4S/c1-15(29-18-7-5-6-16(22)14-18)21(26)24-17-9-11-19(12-10-17)30(27,28)25-20-8-3-2-4-13-23-20/h5-7,9-12,14-15H,2-4,8,13H2,1H3,(H,23,25)(H,24,26)/t15-/m1/s1. The largest absolute Gasteiger partial charge is 0.481 e. The van der Waals surface area contributed by atoms with Gasteiger partial charge in [-0.25, -0.2) is 8.42 Å². The van der Waals surface area contributed by atoms with Crippen LogP contribution in [0.15, 0.2) is 58.4 Å². The molecule has 160 valence electrons. The van der Waals surface area contributed by atoms with Gasteiger partial charge < -0.3 is 10.1 Å². The molecule has 3 rings (SSSR count). The Labute approximate surface area is 181 Å². The van der Waals surface area contributed by atoms with E-state index < -0.39 is 16.1 Å². The summed E-state index contributed by atoms with van der Waals surface area (Å²) in [6.45, 7) is 2.25. The van der Waals surface area contributed by atoms with Crippen molar-refractivity contribution in [1.82, 2.24) is 4.72 Å². The molecule has 2 N–H and O–H groups in total. The molecule has 0 spiro atoms. The summed E-state index contributed by atoms with van der Waals surface area (Å²) in [6.07, 6.45) is 2.79. The number of carbonyl (C=O) groups excluding carboxylic acids is 1. The fourth-order valence-electron chi connectivity index (χ4n) is 2.93. The molecular weight excluding hydrogens is 426 g/mol. The summed E-state index contributed by atoms with van der Waals surface area (Å²) < 4.78 is 33.3. The summed E-state index contributed by atoms with van der Waals surface area (Å²) >= 11 is 5.92. The van der Waals surface area contributed by atoms with Crippen LogP contribution in [-0.2, 0) is 14.8 Å². The molecule has 2 aromatic rings. The van der Waals surface area contributed by atoms with Gasteiger partial charge >= 0.3 is 0 Å². The monoisotopic (exact) mass is 449 g/mol. The SMILES string of the molecule is C[C@@H](Oc1cccc(Cl)c1)C(=O)Nc1ccc(S(=O)(=O)NC2=NCCCCC2)cc1. The molecule has 2 aromatic carbocycles. The zero-order valence-corrected chi connectivity index (χ0v) is 18.2. The van der Waals surface area contributed by atoms with E-state index in [-0.39, 0.29) is 10.8 Å². The number of hydrogen-bond acceptors (Lipinski definition) is 5. The van der Waals surface area contributed by atoms with Crippen molar-refractivity contribution < 1.29 is 17.9 Å². The van der Waals surface area contributed by atoms with Crippen molar-refractivity contribution in [1.29, 1.82) is 0 Å². The van der Waals surface area contributed by atoms with E-state index in [0.29, 0.717) is 35.3 Å². The second kappa shape index (κ2) is 9.95. The molecule has 1 heterocycles. The lowest BCUT2D eigenvalue weighted by atomic mass is 10.2. The number of ether oxygens (including phenoxy) is 1. The molecule has 0 aromatic heterocycles. The Kier molecular flexibility index (Phi) is 7.33. The smallest absolute Gasteiger partial charge is 0.265 e. The lowest BCUT2D eigenvalue weighted by molar-refractivity contribution is -0.122. The van der Waals surface area contributed by atoms with Gasteiger partial charge in [-0.1, -0.05) is 24.1 Å². The number of nitrogens with zero attached hydrogens (tertiary/aromatic N) is 1. The van der Waals surface area contributed by atoms with Gasteiger partial charge in [0, 0.05) is 23.7 Å². The third-order valence-corrected chi connectivity index (χ3v) is 6.17. The van der Waals surface area contributed by atoms with Gasteiger partial charge in [0.15, 0.2) is 6.10 Å². The molecule has 9 heteroatoms. The lowest BCUT2D eigenvalue weighted by Gasteiger charge is -2.15. The van der Waals surface area contributed by atoms with Gasteiger partial charge in [0.05, 0.1) is 4.90 Å². The number of amides is 1. The van der Waals surface area contributed by atoms with Gasteiger partial charge in [-0.15, -0.1) is 0 Å². The first kappa shape index (κ1) is 22.1. The van der Waals surface area contributed by atoms with Crippen molar-refractivity contribution in [3.63, 3.8) is 0 Å². The molecule has 0 fully saturated rings. The van der Waals surface area contributed by atoms with Crippen LogP contribution in [0.4, 0.5) is 5.69 Å². The van der Waals surface area contributed by atoms with E-state index in [9.17, 15) is 13.2 Å². The molecule has 0 unspecified atom stereocenters. The molecule has 1 amide bonds. The fourth-order valence-corrected chi connectivity index (χ4v) is 4.20. The van der Waals surface area contributed by atoms with Crippen LogP contribution in [0.1, 0.15) is 32.6 Å². The summed E-state index contributed by atoms with van der Waals surface area (Å²) in [5.41, 5.74) is 0.465. The third kappa shape index (κ3) is 6.21. The number of halogens is 1. The Morgan fingerprint density at radius 2 is 1.90 bits per heavy atom. The Morgan fingerprint density at radius 1 is 1.13 bits per heavy atom. The molecular formula is C21H24ClN3O4S. The van der Waals surface area contributed by atoms with Crippen LogP contribution in [0.5, 0.6) is 5.75 Å². The third-order valence-electron chi connectivity index (χ3n) is 4.54. The number of rotatable bonds is 6. The summed E-state index contributed by atoms with van der Waals surface area (Å²) in [5, 5.41) is 3.22. The maximum Gasteiger partial charge on any atom is 0.265 e. The highest BCUT2D eigenvalue weighted by Crippen LogP contribution is 2.19. The van der Waals surface area contributed by atoms with Crippen LogP contribution < -0.4 is 14.8 Å². The molecule has 1 atom stereocenters.